The number of carbonyl (C=O) groups excluding carboxylic acids is 3. The van der Waals surface area contributed by atoms with Gasteiger partial charge in [0.25, 0.3) is 0 Å². The molecule has 6 heteroatoms. The van der Waals surface area contributed by atoms with Gasteiger partial charge in [0.05, 0.1) is 0 Å². The van der Waals surface area contributed by atoms with Crippen LogP contribution < -0.4 is 0 Å². The van der Waals surface area contributed by atoms with Crippen molar-refractivity contribution in [3.05, 3.63) is 36.5 Å². The zero-order valence-electron chi connectivity index (χ0n) is 43.5. The van der Waals surface area contributed by atoms with Gasteiger partial charge in [0.15, 0.2) is 6.10 Å². The molecule has 0 unspecified atom stereocenters. The van der Waals surface area contributed by atoms with Gasteiger partial charge < -0.3 is 14.2 Å². The quantitative estimate of drug-likeness (QED) is 0.0262. The maximum atomic E-state index is 12.8. The molecule has 0 N–H and O–H groups in total. The highest BCUT2D eigenvalue weighted by Gasteiger charge is 2.19. The van der Waals surface area contributed by atoms with E-state index in [4.69, 9.17) is 14.2 Å². The number of hydrogen-bond acceptors (Lipinski definition) is 6. The van der Waals surface area contributed by atoms with Crippen LogP contribution in [0.4, 0.5) is 0 Å². The molecule has 0 saturated heterocycles. The summed E-state index contributed by atoms with van der Waals surface area (Å²) in [4.78, 5) is 38.1. The van der Waals surface area contributed by atoms with Gasteiger partial charge in [-0.1, -0.05) is 243 Å². The van der Waals surface area contributed by atoms with E-state index in [1.165, 1.54) is 180 Å². The van der Waals surface area contributed by atoms with Crippen molar-refractivity contribution in [2.24, 2.45) is 0 Å². The number of carbonyl (C=O) groups is 3. The van der Waals surface area contributed by atoms with Crippen LogP contribution in [0.25, 0.3) is 0 Å². The second-order valence-corrected chi connectivity index (χ2v) is 19.2. The normalized spacial score (nSPS) is 12.2. The highest BCUT2D eigenvalue weighted by atomic mass is 16.6. The number of hydrogen-bond donors (Lipinski definition) is 0. The molecular formula is C59H108O6. The van der Waals surface area contributed by atoms with Crippen LogP contribution in [0.5, 0.6) is 0 Å². The van der Waals surface area contributed by atoms with Crippen molar-refractivity contribution in [2.75, 3.05) is 13.2 Å². The molecule has 0 heterocycles. The predicted molar refractivity (Wildman–Crippen MR) is 279 cm³/mol. The van der Waals surface area contributed by atoms with Crippen molar-refractivity contribution in [3.8, 4) is 0 Å². The van der Waals surface area contributed by atoms with Gasteiger partial charge in [-0.05, 0) is 77.0 Å². The lowest BCUT2D eigenvalue weighted by Gasteiger charge is -2.18. The van der Waals surface area contributed by atoms with Gasteiger partial charge in [-0.3, -0.25) is 14.4 Å². The summed E-state index contributed by atoms with van der Waals surface area (Å²) in [5.41, 5.74) is 0. The summed E-state index contributed by atoms with van der Waals surface area (Å²) < 4.78 is 16.9. The van der Waals surface area contributed by atoms with E-state index >= 15 is 0 Å². The van der Waals surface area contributed by atoms with Crippen LogP contribution in [0.3, 0.4) is 0 Å². The Bertz CT molecular complexity index is 1090. The highest BCUT2D eigenvalue weighted by Crippen LogP contribution is 2.16. The Kier molecular flexibility index (Phi) is 52.3. The van der Waals surface area contributed by atoms with E-state index in [1.807, 2.05) is 0 Å². The minimum absolute atomic E-state index is 0.0757. The fourth-order valence-electron chi connectivity index (χ4n) is 8.29. The molecular weight excluding hydrogens is 805 g/mol. The van der Waals surface area contributed by atoms with Crippen LogP contribution in [-0.2, 0) is 28.6 Å². The zero-order chi connectivity index (χ0) is 47.2. The third kappa shape index (κ3) is 52.5. The van der Waals surface area contributed by atoms with Gasteiger partial charge in [0.2, 0.25) is 0 Å². The average molecular weight is 914 g/mol. The summed E-state index contributed by atoms with van der Waals surface area (Å²) in [6.45, 7) is 6.62. The Morgan fingerprint density at radius 1 is 0.308 bits per heavy atom. The maximum absolute atomic E-state index is 12.8. The van der Waals surface area contributed by atoms with E-state index in [2.05, 4.69) is 57.2 Å². The van der Waals surface area contributed by atoms with Gasteiger partial charge in [-0.15, -0.1) is 0 Å². The van der Waals surface area contributed by atoms with Gasteiger partial charge in [0.1, 0.15) is 13.2 Å². The van der Waals surface area contributed by atoms with Crippen molar-refractivity contribution >= 4 is 17.9 Å². The Balaban J connectivity index is 4.36. The van der Waals surface area contributed by atoms with Crippen molar-refractivity contribution in [1.29, 1.82) is 0 Å². The summed E-state index contributed by atoms with van der Waals surface area (Å²) >= 11 is 0. The third-order valence-electron chi connectivity index (χ3n) is 12.6. The Morgan fingerprint density at radius 2 is 0.554 bits per heavy atom. The van der Waals surface area contributed by atoms with Gasteiger partial charge in [-0.2, -0.15) is 0 Å². The first-order valence-electron chi connectivity index (χ1n) is 28.5. The molecule has 0 radical (unpaired) electrons. The molecule has 0 fully saturated rings. The molecule has 0 aliphatic carbocycles. The summed E-state index contributed by atoms with van der Waals surface area (Å²) in [5, 5.41) is 0. The monoisotopic (exact) mass is 913 g/mol. The lowest BCUT2D eigenvalue weighted by Crippen LogP contribution is -2.30. The fourth-order valence-corrected chi connectivity index (χ4v) is 8.29. The van der Waals surface area contributed by atoms with Crippen molar-refractivity contribution in [3.63, 3.8) is 0 Å². The SMILES string of the molecule is CCCCC/C=C\C/C=C\CCCCCCCC(=O)O[C@H](COC(=O)CCCCCCCCC/C=C\CCCCCC)COC(=O)CCCCCCCCCCCCCCCCCCC. The molecule has 6 nitrogen and oxygen atoms in total. The number of allylic oxidation sites excluding steroid dienone is 6. The van der Waals surface area contributed by atoms with Crippen molar-refractivity contribution in [2.45, 2.75) is 309 Å². The number of unbranched alkanes of at least 4 members (excludes halogenated alkanes) is 35. The molecule has 0 aromatic carbocycles. The Hall–Kier alpha value is -2.37. The van der Waals surface area contributed by atoms with Crippen LogP contribution in [0.2, 0.25) is 0 Å². The highest BCUT2D eigenvalue weighted by molar-refractivity contribution is 5.71. The molecule has 0 aromatic rings. The van der Waals surface area contributed by atoms with Gasteiger partial charge in [-0.25, -0.2) is 0 Å². The molecule has 0 spiro atoms. The van der Waals surface area contributed by atoms with Gasteiger partial charge in [0, 0.05) is 19.3 Å². The lowest BCUT2D eigenvalue weighted by atomic mass is 10.0. The smallest absolute Gasteiger partial charge is 0.306 e. The molecule has 0 aliphatic heterocycles. The van der Waals surface area contributed by atoms with E-state index in [0.717, 1.165) is 83.5 Å². The lowest BCUT2D eigenvalue weighted by molar-refractivity contribution is -0.167. The number of ether oxygens (including phenoxy) is 3. The second kappa shape index (κ2) is 54.2. The molecule has 380 valence electrons. The largest absolute Gasteiger partial charge is 0.462 e. The summed E-state index contributed by atoms with van der Waals surface area (Å²) in [5.74, 6) is -0.878. The third-order valence-corrected chi connectivity index (χ3v) is 12.6. The molecule has 65 heavy (non-hydrogen) atoms. The maximum Gasteiger partial charge on any atom is 0.306 e. The number of esters is 3. The summed E-state index contributed by atoms with van der Waals surface area (Å²) in [7, 11) is 0. The molecule has 1 atom stereocenters. The van der Waals surface area contributed by atoms with Crippen LogP contribution in [0, 0.1) is 0 Å². The molecule has 0 bridgehead atoms. The first kappa shape index (κ1) is 62.6. The van der Waals surface area contributed by atoms with Crippen molar-refractivity contribution < 1.29 is 28.6 Å². The van der Waals surface area contributed by atoms with Gasteiger partial charge >= 0.3 is 17.9 Å². The molecule has 0 saturated carbocycles. The Morgan fingerprint density at radius 3 is 0.908 bits per heavy atom. The molecule has 0 aliphatic rings. The second-order valence-electron chi connectivity index (χ2n) is 19.2. The standard InChI is InChI=1S/C59H108O6/c1-4-7-10-13-16-19-22-25-28-29-32-34-37-40-43-46-49-52-58(61)64-55-56(65-59(62)53-50-47-44-41-38-35-31-27-24-21-18-15-12-9-6-3)54-63-57(60)51-48-45-42-39-36-33-30-26-23-20-17-14-11-8-5-2/h18,20-21,23,27,31,56H,4-17,19,22,24-26,28-30,32-55H2,1-3H3/b21-18-,23-20-,31-27-/t56-/m1/s1. The van der Waals surface area contributed by atoms with Crippen LogP contribution >= 0.6 is 0 Å². The minimum Gasteiger partial charge on any atom is -0.462 e. The Labute approximate surface area is 404 Å². The summed E-state index contributed by atoms with van der Waals surface area (Å²) in [6.07, 6.45) is 64.1. The van der Waals surface area contributed by atoms with E-state index in [1.54, 1.807) is 0 Å². The van der Waals surface area contributed by atoms with Crippen LogP contribution in [0.15, 0.2) is 36.5 Å². The van der Waals surface area contributed by atoms with Crippen LogP contribution in [-0.4, -0.2) is 37.2 Å². The van der Waals surface area contributed by atoms with E-state index in [9.17, 15) is 14.4 Å². The fraction of sp³-hybridized carbons (Fsp3) is 0.847. The zero-order valence-corrected chi connectivity index (χ0v) is 43.5. The van der Waals surface area contributed by atoms with E-state index in [0.29, 0.717) is 19.3 Å². The first-order valence-corrected chi connectivity index (χ1v) is 28.5. The predicted octanol–water partition coefficient (Wildman–Crippen LogP) is 18.9. The van der Waals surface area contributed by atoms with E-state index < -0.39 is 6.10 Å². The molecule has 0 amide bonds. The molecule has 0 rings (SSSR count). The average Bonchev–Trinajstić information content (AvgIpc) is 3.30. The van der Waals surface area contributed by atoms with Crippen molar-refractivity contribution in [1.82, 2.24) is 0 Å². The van der Waals surface area contributed by atoms with Crippen LogP contribution in [0.1, 0.15) is 303 Å². The first-order chi connectivity index (χ1) is 32.0. The number of rotatable bonds is 52. The van der Waals surface area contributed by atoms with E-state index in [-0.39, 0.29) is 31.1 Å². The topological polar surface area (TPSA) is 78.9 Å². The minimum atomic E-state index is -0.778. The molecule has 0 aromatic heterocycles. The summed E-state index contributed by atoms with van der Waals surface area (Å²) in [6, 6.07) is 0.